The molecule has 1 aromatic heterocycles. The van der Waals surface area contributed by atoms with E-state index in [1.54, 1.807) is 6.20 Å². The van der Waals surface area contributed by atoms with E-state index >= 15 is 0 Å². The fourth-order valence-electron chi connectivity index (χ4n) is 2.81. The van der Waals surface area contributed by atoms with Gasteiger partial charge in [0.25, 0.3) is 0 Å². The molecule has 6 nitrogen and oxygen atoms in total. The fourth-order valence-corrected chi connectivity index (χ4v) is 2.81. The number of carbonyl (C=O) groups excluding carboxylic acids is 2. The van der Waals surface area contributed by atoms with Crippen LogP contribution in [0.1, 0.15) is 39.8 Å². The quantitative estimate of drug-likeness (QED) is 0.606. The summed E-state index contributed by atoms with van der Waals surface area (Å²) in [6, 6.07) is 0. The molecule has 1 unspecified atom stereocenters. The number of rotatable bonds is 6. The summed E-state index contributed by atoms with van der Waals surface area (Å²) in [5.74, 6) is -0.101. The smallest absolute Gasteiger partial charge is 0.179 e. The van der Waals surface area contributed by atoms with Crippen molar-refractivity contribution in [2.24, 2.45) is 0 Å². The van der Waals surface area contributed by atoms with Crippen LogP contribution in [0.25, 0.3) is 5.57 Å². The Hall–Kier alpha value is -1.92. The van der Waals surface area contributed by atoms with Crippen molar-refractivity contribution < 1.29 is 14.7 Å². The molecule has 2 rings (SSSR count). The van der Waals surface area contributed by atoms with E-state index in [4.69, 9.17) is 0 Å². The van der Waals surface area contributed by atoms with Crippen LogP contribution in [0.2, 0.25) is 0 Å². The van der Waals surface area contributed by atoms with Crippen LogP contribution in [0.5, 0.6) is 0 Å². The molecule has 1 fully saturated rings. The highest BCUT2D eigenvalue weighted by molar-refractivity contribution is 6.05. The van der Waals surface area contributed by atoms with E-state index in [0.29, 0.717) is 36.3 Å². The Bertz CT molecular complexity index is 589. The van der Waals surface area contributed by atoms with E-state index in [0.717, 1.165) is 11.9 Å². The van der Waals surface area contributed by atoms with Crippen LogP contribution in [0.15, 0.2) is 12.4 Å². The van der Waals surface area contributed by atoms with Gasteiger partial charge in [-0.2, -0.15) is 0 Å². The predicted molar refractivity (Wildman–Crippen MR) is 84.9 cm³/mol. The number of β-amino-alcohol motifs (C(OH)–C–C–N with tert-alkyl or cyclic N) is 1. The summed E-state index contributed by atoms with van der Waals surface area (Å²) >= 11 is 0. The molecule has 1 aliphatic rings. The van der Waals surface area contributed by atoms with Gasteiger partial charge in [-0.15, -0.1) is 0 Å². The monoisotopic (exact) mass is 305 g/mol. The Morgan fingerprint density at radius 2 is 2.27 bits per heavy atom. The molecule has 22 heavy (non-hydrogen) atoms. The van der Waals surface area contributed by atoms with Gasteiger partial charge in [0.2, 0.25) is 0 Å². The molecule has 1 atom stereocenters. The summed E-state index contributed by atoms with van der Waals surface area (Å²) in [6.07, 6.45) is 4.55. The number of nitrogens with one attached hydrogen (secondary N) is 1. The average molecular weight is 305 g/mol. The van der Waals surface area contributed by atoms with Gasteiger partial charge >= 0.3 is 0 Å². The van der Waals surface area contributed by atoms with Crippen LogP contribution in [0.4, 0.5) is 0 Å². The maximum absolute atomic E-state index is 12.4. The molecule has 120 valence electrons. The highest BCUT2D eigenvalue weighted by atomic mass is 16.3. The van der Waals surface area contributed by atoms with E-state index in [1.165, 1.54) is 0 Å². The normalized spacial score (nSPS) is 19.5. The molecule has 0 amide bonds. The number of aldehydes is 1. The first-order valence-electron chi connectivity index (χ1n) is 7.37. The van der Waals surface area contributed by atoms with Crippen LogP contribution < -0.4 is 0 Å². The standard InChI is InChI=1S/C16H23N3O3/c1-11(7-18(2)3)16-14(10-20)13(6-17-16)15(22)9-19-5-4-12(21)8-19/h6-7,10,12,17,21H,4-5,8-9H2,1-3H3/b11-7-. The number of aliphatic hydroxyl groups excluding tert-OH is 1. The minimum atomic E-state index is -0.356. The molecular weight excluding hydrogens is 282 g/mol. The minimum absolute atomic E-state index is 0.101. The number of likely N-dealkylation sites (tertiary alicyclic amines) is 1. The van der Waals surface area contributed by atoms with E-state index in [1.807, 2.05) is 37.0 Å². The first-order chi connectivity index (χ1) is 10.4. The lowest BCUT2D eigenvalue weighted by molar-refractivity contribution is 0.0930. The minimum Gasteiger partial charge on any atom is -0.392 e. The number of aromatic nitrogens is 1. The maximum atomic E-state index is 12.4. The molecule has 0 aliphatic carbocycles. The summed E-state index contributed by atoms with van der Waals surface area (Å²) in [5.41, 5.74) is 2.38. The average Bonchev–Trinajstić information content (AvgIpc) is 3.03. The van der Waals surface area contributed by atoms with Crippen molar-refractivity contribution in [1.82, 2.24) is 14.8 Å². The third-order valence-electron chi connectivity index (χ3n) is 3.80. The number of hydrogen-bond acceptors (Lipinski definition) is 5. The van der Waals surface area contributed by atoms with Gasteiger partial charge in [-0.05, 0) is 18.9 Å². The number of aromatic amines is 1. The molecule has 0 saturated carbocycles. The Morgan fingerprint density at radius 1 is 1.55 bits per heavy atom. The van der Waals surface area contributed by atoms with Crippen LogP contribution in [0.3, 0.4) is 0 Å². The molecular formula is C16H23N3O3. The van der Waals surface area contributed by atoms with Gasteiger partial charge in [-0.25, -0.2) is 0 Å². The zero-order chi connectivity index (χ0) is 16.3. The molecule has 0 radical (unpaired) electrons. The number of carbonyl (C=O) groups is 2. The summed E-state index contributed by atoms with van der Waals surface area (Å²) < 4.78 is 0. The molecule has 2 N–H and O–H groups in total. The van der Waals surface area contributed by atoms with Crippen molar-refractivity contribution in [2.45, 2.75) is 19.4 Å². The van der Waals surface area contributed by atoms with E-state index in [9.17, 15) is 14.7 Å². The van der Waals surface area contributed by atoms with Crippen LogP contribution in [-0.4, -0.2) is 71.8 Å². The van der Waals surface area contributed by atoms with Gasteiger partial charge in [-0.3, -0.25) is 14.5 Å². The molecule has 1 saturated heterocycles. The van der Waals surface area contributed by atoms with Gasteiger partial charge in [0.15, 0.2) is 12.1 Å². The summed E-state index contributed by atoms with van der Waals surface area (Å²) in [4.78, 5) is 30.7. The predicted octanol–water partition coefficient (Wildman–Crippen LogP) is 0.999. The Morgan fingerprint density at radius 3 is 2.82 bits per heavy atom. The van der Waals surface area contributed by atoms with E-state index < -0.39 is 0 Å². The SMILES string of the molecule is C/C(=C/N(C)C)c1[nH]cc(C(=O)CN2CCC(O)C2)c1C=O. The number of allylic oxidation sites excluding steroid dienone is 1. The highest BCUT2D eigenvalue weighted by Crippen LogP contribution is 2.21. The van der Waals surface area contributed by atoms with Crippen molar-refractivity contribution in [3.8, 4) is 0 Å². The van der Waals surface area contributed by atoms with Crippen LogP contribution in [-0.2, 0) is 0 Å². The Labute approximate surface area is 130 Å². The number of Topliss-reactive ketones (excluding diaryl/α,β-unsaturated/α-hetero) is 1. The number of H-pyrrole nitrogens is 1. The third kappa shape index (κ3) is 3.64. The fraction of sp³-hybridized carbons (Fsp3) is 0.500. The van der Waals surface area contributed by atoms with Gasteiger partial charge in [0.05, 0.1) is 23.9 Å². The van der Waals surface area contributed by atoms with E-state index in [2.05, 4.69) is 4.98 Å². The first kappa shape index (κ1) is 16.5. The topological polar surface area (TPSA) is 76.6 Å². The maximum Gasteiger partial charge on any atom is 0.179 e. The highest BCUT2D eigenvalue weighted by Gasteiger charge is 2.25. The lowest BCUT2D eigenvalue weighted by Gasteiger charge is -2.13. The second kappa shape index (κ2) is 6.89. The lowest BCUT2D eigenvalue weighted by atomic mass is 10.0. The third-order valence-corrected chi connectivity index (χ3v) is 3.80. The van der Waals surface area contributed by atoms with Crippen molar-refractivity contribution >= 4 is 17.6 Å². The molecule has 1 aliphatic heterocycles. The molecule has 0 aromatic carbocycles. The largest absolute Gasteiger partial charge is 0.392 e. The van der Waals surface area contributed by atoms with Crippen LogP contribution >= 0.6 is 0 Å². The summed E-state index contributed by atoms with van der Waals surface area (Å²) in [5, 5.41) is 9.52. The summed E-state index contributed by atoms with van der Waals surface area (Å²) in [6.45, 7) is 3.34. The van der Waals surface area contributed by atoms with Gasteiger partial charge in [0, 0.05) is 45.1 Å². The zero-order valence-electron chi connectivity index (χ0n) is 13.3. The molecule has 2 heterocycles. The van der Waals surface area contributed by atoms with E-state index in [-0.39, 0.29) is 18.4 Å². The molecule has 0 bridgehead atoms. The van der Waals surface area contributed by atoms with Gasteiger partial charge in [-0.1, -0.05) is 0 Å². The van der Waals surface area contributed by atoms with Crippen molar-refractivity contribution in [2.75, 3.05) is 33.7 Å². The number of aliphatic hydroxyl groups is 1. The second-order valence-corrected chi connectivity index (χ2v) is 5.99. The summed E-state index contributed by atoms with van der Waals surface area (Å²) in [7, 11) is 3.80. The number of nitrogens with zero attached hydrogens (tertiary/aromatic N) is 2. The van der Waals surface area contributed by atoms with Crippen molar-refractivity contribution in [3.05, 3.63) is 29.2 Å². The zero-order valence-corrected chi connectivity index (χ0v) is 13.3. The Kier molecular flexibility index (Phi) is 5.15. The van der Waals surface area contributed by atoms with Crippen molar-refractivity contribution in [3.63, 3.8) is 0 Å². The van der Waals surface area contributed by atoms with Gasteiger partial charge < -0.3 is 15.0 Å². The first-order valence-corrected chi connectivity index (χ1v) is 7.37. The van der Waals surface area contributed by atoms with Crippen molar-refractivity contribution in [1.29, 1.82) is 0 Å². The van der Waals surface area contributed by atoms with Crippen LogP contribution in [0, 0.1) is 0 Å². The molecule has 6 heteroatoms. The number of ketones is 1. The number of hydrogen-bond donors (Lipinski definition) is 2. The second-order valence-electron chi connectivity index (χ2n) is 5.99. The Balaban J connectivity index is 2.19. The lowest BCUT2D eigenvalue weighted by Crippen LogP contribution is -2.28. The van der Waals surface area contributed by atoms with Gasteiger partial charge in [0.1, 0.15) is 0 Å². The molecule has 0 spiro atoms. The molecule has 1 aromatic rings.